The minimum atomic E-state index is -1.06. The molecule has 21 heavy (non-hydrogen) atoms. The van der Waals surface area contributed by atoms with Crippen molar-refractivity contribution in [2.45, 2.75) is 26.2 Å². The molecule has 0 heterocycles. The Hall–Kier alpha value is -1.75. The van der Waals surface area contributed by atoms with Gasteiger partial charge in [-0.3, -0.25) is 0 Å². The van der Waals surface area contributed by atoms with Crippen LogP contribution in [-0.2, 0) is 0 Å². The topological polar surface area (TPSA) is 78.4 Å². The lowest BCUT2D eigenvalue weighted by atomic mass is 10.1. The van der Waals surface area contributed by atoms with Crippen molar-refractivity contribution in [1.29, 1.82) is 0 Å². The first kappa shape index (κ1) is 15.6. The molecule has 1 aromatic carbocycles. The Kier molecular flexibility index (Phi) is 5.07. The summed E-state index contributed by atoms with van der Waals surface area (Å²) in [6.45, 7) is 2.85. The zero-order chi connectivity index (χ0) is 15.4. The number of benzene rings is 1. The zero-order valence-electron chi connectivity index (χ0n) is 11.9. The minimum Gasteiger partial charge on any atom is -0.478 e. The molecule has 1 aliphatic carbocycles. The first-order valence-electron chi connectivity index (χ1n) is 7.03. The lowest BCUT2D eigenvalue weighted by Gasteiger charge is -2.13. The normalized spacial score (nSPS) is 21.0. The number of hydrogen-bond acceptors (Lipinski definition) is 2. The summed E-state index contributed by atoms with van der Waals surface area (Å²) in [6.07, 6.45) is 3.48. The maximum Gasteiger partial charge on any atom is 0.335 e. The van der Waals surface area contributed by atoms with E-state index in [4.69, 9.17) is 16.7 Å². The number of anilines is 1. The van der Waals surface area contributed by atoms with Crippen molar-refractivity contribution in [3.8, 4) is 0 Å². The van der Waals surface area contributed by atoms with Gasteiger partial charge in [0.05, 0.1) is 16.3 Å². The molecular formula is C15H19ClN2O3. The molecule has 1 aromatic rings. The fourth-order valence-electron chi connectivity index (χ4n) is 2.67. The predicted octanol–water partition coefficient (Wildman–Crippen LogP) is 3.60. The van der Waals surface area contributed by atoms with E-state index >= 15 is 0 Å². The van der Waals surface area contributed by atoms with E-state index in [2.05, 4.69) is 17.6 Å². The van der Waals surface area contributed by atoms with Crippen LogP contribution in [0.3, 0.4) is 0 Å². The molecule has 2 unspecified atom stereocenters. The van der Waals surface area contributed by atoms with Crippen LogP contribution < -0.4 is 10.6 Å². The van der Waals surface area contributed by atoms with Crippen molar-refractivity contribution in [3.05, 3.63) is 28.8 Å². The standard InChI is InChI=1S/C15H19ClN2O3/c1-9-2-3-10(6-9)8-17-15(21)18-13-7-11(14(19)20)4-5-12(13)16/h4-5,7,9-10H,2-3,6,8H2,1H3,(H,19,20)(H2,17,18,21). The number of urea groups is 1. The average molecular weight is 311 g/mol. The van der Waals surface area contributed by atoms with Crippen molar-refractivity contribution < 1.29 is 14.7 Å². The number of carboxylic acid groups (broad SMARTS) is 1. The molecule has 2 amide bonds. The summed E-state index contributed by atoms with van der Waals surface area (Å²) in [4.78, 5) is 22.8. The second kappa shape index (κ2) is 6.80. The number of aromatic carboxylic acids is 1. The smallest absolute Gasteiger partial charge is 0.335 e. The summed E-state index contributed by atoms with van der Waals surface area (Å²) in [5, 5.41) is 14.7. The Balaban J connectivity index is 1.90. The van der Waals surface area contributed by atoms with Crippen LogP contribution in [0.15, 0.2) is 18.2 Å². The van der Waals surface area contributed by atoms with Crippen LogP contribution in [0.4, 0.5) is 10.5 Å². The fourth-order valence-corrected chi connectivity index (χ4v) is 2.83. The highest BCUT2D eigenvalue weighted by Crippen LogP contribution is 2.29. The molecule has 0 saturated heterocycles. The Morgan fingerprint density at radius 2 is 2.14 bits per heavy atom. The first-order valence-corrected chi connectivity index (χ1v) is 7.41. The van der Waals surface area contributed by atoms with Gasteiger partial charge in [-0.25, -0.2) is 9.59 Å². The summed E-state index contributed by atoms with van der Waals surface area (Å²) >= 11 is 5.96. The molecule has 2 rings (SSSR count). The number of carboxylic acids is 1. The second-order valence-electron chi connectivity index (χ2n) is 5.62. The van der Waals surface area contributed by atoms with Crippen LogP contribution in [0, 0.1) is 11.8 Å². The van der Waals surface area contributed by atoms with E-state index in [0.717, 1.165) is 18.8 Å². The lowest BCUT2D eigenvalue weighted by Crippen LogP contribution is -2.32. The van der Waals surface area contributed by atoms with Crippen LogP contribution >= 0.6 is 11.6 Å². The van der Waals surface area contributed by atoms with E-state index < -0.39 is 5.97 Å². The van der Waals surface area contributed by atoms with Crippen LogP contribution in [0.5, 0.6) is 0 Å². The molecule has 114 valence electrons. The molecule has 0 bridgehead atoms. The molecule has 5 nitrogen and oxygen atoms in total. The lowest BCUT2D eigenvalue weighted by molar-refractivity contribution is 0.0697. The van der Waals surface area contributed by atoms with Crippen molar-refractivity contribution in [2.24, 2.45) is 11.8 Å². The largest absolute Gasteiger partial charge is 0.478 e. The number of carbonyl (C=O) groups is 2. The van der Waals surface area contributed by atoms with Gasteiger partial charge in [0.1, 0.15) is 0 Å². The van der Waals surface area contributed by atoms with Crippen LogP contribution in [0.2, 0.25) is 5.02 Å². The maximum atomic E-state index is 11.9. The average Bonchev–Trinajstić information content (AvgIpc) is 2.84. The molecule has 3 N–H and O–H groups in total. The maximum absolute atomic E-state index is 11.9. The Bertz CT molecular complexity index is 548. The summed E-state index contributed by atoms with van der Waals surface area (Å²) in [7, 11) is 0. The number of halogens is 1. The van der Waals surface area contributed by atoms with E-state index in [0.29, 0.717) is 23.2 Å². The molecule has 1 fully saturated rings. The van der Waals surface area contributed by atoms with Gasteiger partial charge >= 0.3 is 12.0 Å². The molecule has 6 heteroatoms. The van der Waals surface area contributed by atoms with Gasteiger partial charge in [0, 0.05) is 6.54 Å². The van der Waals surface area contributed by atoms with Crippen LogP contribution in [0.1, 0.15) is 36.5 Å². The number of carbonyl (C=O) groups excluding carboxylic acids is 1. The molecule has 2 atom stereocenters. The SMILES string of the molecule is CC1CCC(CNC(=O)Nc2cc(C(=O)O)ccc2Cl)C1. The summed E-state index contributed by atoms with van der Waals surface area (Å²) in [5.41, 5.74) is 0.383. The third-order valence-electron chi connectivity index (χ3n) is 3.82. The van der Waals surface area contributed by atoms with Gasteiger partial charge in [0.2, 0.25) is 0 Å². The molecule has 0 aliphatic heterocycles. The van der Waals surface area contributed by atoms with Gasteiger partial charge in [-0.05, 0) is 42.9 Å². The predicted molar refractivity (Wildman–Crippen MR) is 81.9 cm³/mol. The molecule has 0 spiro atoms. The fraction of sp³-hybridized carbons (Fsp3) is 0.467. The van der Waals surface area contributed by atoms with Gasteiger partial charge < -0.3 is 15.7 Å². The third kappa shape index (κ3) is 4.36. The van der Waals surface area contributed by atoms with Crippen molar-refractivity contribution >= 4 is 29.3 Å². The molecule has 0 radical (unpaired) electrons. The highest BCUT2D eigenvalue weighted by molar-refractivity contribution is 6.33. The number of nitrogens with one attached hydrogen (secondary N) is 2. The van der Waals surface area contributed by atoms with Gasteiger partial charge in [0.15, 0.2) is 0 Å². The van der Waals surface area contributed by atoms with E-state index in [1.54, 1.807) is 0 Å². The van der Waals surface area contributed by atoms with Crippen molar-refractivity contribution in [1.82, 2.24) is 5.32 Å². The first-order chi connectivity index (χ1) is 9.95. The third-order valence-corrected chi connectivity index (χ3v) is 4.15. The summed E-state index contributed by atoms with van der Waals surface area (Å²) < 4.78 is 0. The number of amides is 2. The molecule has 1 aliphatic rings. The van der Waals surface area contributed by atoms with E-state index in [1.165, 1.54) is 24.6 Å². The highest BCUT2D eigenvalue weighted by atomic mass is 35.5. The van der Waals surface area contributed by atoms with Crippen LogP contribution in [0.25, 0.3) is 0 Å². The Morgan fingerprint density at radius 1 is 1.38 bits per heavy atom. The van der Waals surface area contributed by atoms with Crippen LogP contribution in [-0.4, -0.2) is 23.7 Å². The van der Waals surface area contributed by atoms with Gasteiger partial charge in [-0.1, -0.05) is 24.9 Å². The Morgan fingerprint density at radius 3 is 2.76 bits per heavy atom. The van der Waals surface area contributed by atoms with Gasteiger partial charge in [-0.15, -0.1) is 0 Å². The van der Waals surface area contributed by atoms with E-state index in [9.17, 15) is 9.59 Å². The highest BCUT2D eigenvalue weighted by Gasteiger charge is 2.21. The summed E-state index contributed by atoms with van der Waals surface area (Å²) in [5.74, 6) is 0.184. The Labute approximate surface area is 128 Å². The molecular weight excluding hydrogens is 292 g/mol. The summed E-state index contributed by atoms with van der Waals surface area (Å²) in [6, 6.07) is 3.84. The number of rotatable bonds is 4. The minimum absolute atomic E-state index is 0.0827. The van der Waals surface area contributed by atoms with Crippen molar-refractivity contribution in [3.63, 3.8) is 0 Å². The van der Waals surface area contributed by atoms with Gasteiger partial charge in [0.25, 0.3) is 0 Å². The van der Waals surface area contributed by atoms with Gasteiger partial charge in [-0.2, -0.15) is 0 Å². The quantitative estimate of drug-likeness (QED) is 0.795. The van der Waals surface area contributed by atoms with E-state index in [1.807, 2.05) is 0 Å². The zero-order valence-corrected chi connectivity index (χ0v) is 12.6. The monoisotopic (exact) mass is 310 g/mol. The van der Waals surface area contributed by atoms with E-state index in [-0.39, 0.29) is 11.6 Å². The number of hydrogen-bond donors (Lipinski definition) is 3. The van der Waals surface area contributed by atoms with Crippen molar-refractivity contribution in [2.75, 3.05) is 11.9 Å². The second-order valence-corrected chi connectivity index (χ2v) is 6.03. The molecule has 0 aromatic heterocycles. The molecule has 1 saturated carbocycles.